The van der Waals surface area contributed by atoms with Crippen LogP contribution in [0, 0.1) is 12.3 Å². The smallest absolute Gasteiger partial charge is 0.323 e. The average Bonchev–Trinajstić information content (AvgIpc) is 2.23. The van der Waals surface area contributed by atoms with Crippen molar-refractivity contribution in [2.45, 2.75) is 19.9 Å². The van der Waals surface area contributed by atoms with E-state index in [-0.39, 0.29) is 25.7 Å². The molecule has 17 heavy (non-hydrogen) atoms. The van der Waals surface area contributed by atoms with Crippen molar-refractivity contribution in [3.8, 4) is 12.3 Å². The summed E-state index contributed by atoms with van der Waals surface area (Å²) in [6.45, 7) is 3.01. The minimum Gasteiger partial charge on any atom is -0.480 e. The Morgan fingerprint density at radius 3 is 2.35 bits per heavy atom. The number of terminal acetylenes is 1. The molecule has 0 aliphatic carbocycles. The monoisotopic (exact) mass is 242 g/mol. The van der Waals surface area contributed by atoms with Crippen LogP contribution in [0.25, 0.3) is 0 Å². The van der Waals surface area contributed by atoms with E-state index in [0.29, 0.717) is 0 Å². The molecule has 0 radical (unpaired) electrons. The first-order chi connectivity index (χ1) is 7.93. The Morgan fingerprint density at radius 1 is 1.41 bits per heavy atom. The van der Waals surface area contributed by atoms with E-state index in [1.54, 1.807) is 13.8 Å². The zero-order chi connectivity index (χ0) is 13.4. The highest BCUT2D eigenvalue weighted by atomic mass is 16.4. The van der Waals surface area contributed by atoms with Gasteiger partial charge in [-0.15, -0.1) is 6.42 Å². The Kier molecular flexibility index (Phi) is 6.75. The lowest BCUT2D eigenvalue weighted by Crippen LogP contribution is -2.49. The zero-order valence-corrected chi connectivity index (χ0v) is 10.1. The average molecular weight is 242 g/mol. The second-order valence-electron chi connectivity index (χ2n) is 3.75. The standard InChI is InChI=1S/C11H18N2O4/c1-4-5-12(8-10(15)16)11(17)13(6-7-14)9(2)3/h1,9,14H,5-8H2,2-3H3,(H,15,16). The number of aliphatic carboxylic acids is 1. The van der Waals surface area contributed by atoms with Crippen LogP contribution in [-0.2, 0) is 4.79 Å². The fourth-order valence-corrected chi connectivity index (χ4v) is 1.33. The highest BCUT2D eigenvalue weighted by molar-refractivity contribution is 5.80. The van der Waals surface area contributed by atoms with Crippen LogP contribution in [0.2, 0.25) is 0 Å². The van der Waals surface area contributed by atoms with Crippen molar-refractivity contribution in [2.75, 3.05) is 26.2 Å². The number of rotatable bonds is 6. The summed E-state index contributed by atoms with van der Waals surface area (Å²) in [6, 6.07) is -0.613. The van der Waals surface area contributed by atoms with E-state index in [1.165, 1.54) is 4.90 Å². The molecule has 0 unspecified atom stereocenters. The molecule has 0 aromatic heterocycles. The van der Waals surface area contributed by atoms with Gasteiger partial charge in [-0.3, -0.25) is 4.79 Å². The first-order valence-corrected chi connectivity index (χ1v) is 5.25. The van der Waals surface area contributed by atoms with Crippen molar-refractivity contribution in [1.82, 2.24) is 9.80 Å². The first kappa shape index (κ1) is 15.3. The van der Waals surface area contributed by atoms with Crippen LogP contribution >= 0.6 is 0 Å². The molecule has 0 aromatic rings. The van der Waals surface area contributed by atoms with Crippen LogP contribution in [-0.4, -0.2) is 64.3 Å². The maximum absolute atomic E-state index is 12.0. The summed E-state index contributed by atoms with van der Waals surface area (Å²) < 4.78 is 0. The number of aliphatic hydroxyl groups excluding tert-OH is 1. The third-order valence-electron chi connectivity index (χ3n) is 2.09. The Morgan fingerprint density at radius 2 is 2.00 bits per heavy atom. The van der Waals surface area contributed by atoms with Gasteiger partial charge in [-0.2, -0.15) is 0 Å². The van der Waals surface area contributed by atoms with Crippen molar-refractivity contribution in [1.29, 1.82) is 0 Å². The number of aliphatic hydroxyl groups is 1. The molecule has 0 rings (SSSR count). The lowest BCUT2D eigenvalue weighted by Gasteiger charge is -2.31. The number of hydrogen-bond acceptors (Lipinski definition) is 3. The topological polar surface area (TPSA) is 81.1 Å². The van der Waals surface area contributed by atoms with E-state index < -0.39 is 18.5 Å². The van der Waals surface area contributed by atoms with Crippen LogP contribution in [0.15, 0.2) is 0 Å². The van der Waals surface area contributed by atoms with Gasteiger partial charge in [0, 0.05) is 12.6 Å². The van der Waals surface area contributed by atoms with E-state index in [4.69, 9.17) is 16.6 Å². The third kappa shape index (κ3) is 5.22. The van der Waals surface area contributed by atoms with E-state index in [1.807, 2.05) is 0 Å². The maximum atomic E-state index is 12.0. The fraction of sp³-hybridized carbons (Fsp3) is 0.636. The predicted molar refractivity (Wildman–Crippen MR) is 62.4 cm³/mol. The third-order valence-corrected chi connectivity index (χ3v) is 2.09. The summed E-state index contributed by atoms with van der Waals surface area (Å²) >= 11 is 0. The number of carboxylic acids is 1. The largest absolute Gasteiger partial charge is 0.480 e. The number of carboxylic acid groups (broad SMARTS) is 1. The minimum absolute atomic E-state index is 0.0697. The lowest BCUT2D eigenvalue weighted by molar-refractivity contribution is -0.137. The van der Waals surface area contributed by atoms with Gasteiger partial charge in [0.05, 0.1) is 13.2 Å². The first-order valence-electron chi connectivity index (χ1n) is 5.25. The number of nitrogens with zero attached hydrogens (tertiary/aromatic N) is 2. The van der Waals surface area contributed by atoms with Gasteiger partial charge >= 0.3 is 12.0 Å². The van der Waals surface area contributed by atoms with Gasteiger partial charge in [0.15, 0.2) is 0 Å². The SMILES string of the molecule is C#CCN(CC(=O)O)C(=O)N(CCO)C(C)C. The molecule has 0 aromatic carbocycles. The molecule has 6 heteroatoms. The Labute approximate surface area is 101 Å². The summed E-state index contributed by atoms with van der Waals surface area (Å²) in [5, 5.41) is 17.5. The normalized spacial score (nSPS) is 9.82. The number of amides is 2. The maximum Gasteiger partial charge on any atom is 0.323 e. The highest BCUT2D eigenvalue weighted by Gasteiger charge is 2.23. The summed E-state index contributed by atoms with van der Waals surface area (Å²) in [6.07, 6.45) is 5.09. The van der Waals surface area contributed by atoms with E-state index in [9.17, 15) is 9.59 Å². The molecule has 2 amide bonds. The molecule has 0 heterocycles. The lowest BCUT2D eigenvalue weighted by atomic mass is 10.3. The molecule has 0 aliphatic heterocycles. The number of urea groups is 1. The van der Waals surface area contributed by atoms with E-state index in [2.05, 4.69) is 5.92 Å². The van der Waals surface area contributed by atoms with Crippen LogP contribution in [0.1, 0.15) is 13.8 Å². The Balaban J connectivity index is 4.77. The number of hydrogen-bond donors (Lipinski definition) is 2. The molecule has 96 valence electrons. The van der Waals surface area contributed by atoms with Crippen molar-refractivity contribution < 1.29 is 19.8 Å². The van der Waals surface area contributed by atoms with Crippen LogP contribution in [0.5, 0.6) is 0 Å². The molecule has 0 spiro atoms. The van der Waals surface area contributed by atoms with E-state index >= 15 is 0 Å². The summed E-state index contributed by atoms with van der Waals surface area (Å²) in [4.78, 5) is 25.0. The molecule has 0 fully saturated rings. The molecule has 0 saturated heterocycles. The summed E-state index contributed by atoms with van der Waals surface area (Å²) in [7, 11) is 0. The molecule has 0 saturated carbocycles. The molecule has 0 bridgehead atoms. The van der Waals surface area contributed by atoms with Crippen molar-refractivity contribution in [3.63, 3.8) is 0 Å². The van der Waals surface area contributed by atoms with Gasteiger partial charge < -0.3 is 20.0 Å². The summed E-state index contributed by atoms with van der Waals surface area (Å²) in [5.41, 5.74) is 0. The molecule has 0 atom stereocenters. The summed E-state index contributed by atoms with van der Waals surface area (Å²) in [5.74, 6) is 1.12. The van der Waals surface area contributed by atoms with Crippen LogP contribution in [0.4, 0.5) is 4.79 Å². The number of carbonyl (C=O) groups excluding carboxylic acids is 1. The van der Waals surface area contributed by atoms with Gasteiger partial charge in [-0.05, 0) is 13.8 Å². The van der Waals surface area contributed by atoms with Crippen molar-refractivity contribution >= 4 is 12.0 Å². The highest BCUT2D eigenvalue weighted by Crippen LogP contribution is 2.04. The molecule has 2 N–H and O–H groups in total. The van der Waals surface area contributed by atoms with Crippen LogP contribution in [0.3, 0.4) is 0 Å². The second kappa shape index (κ2) is 7.52. The van der Waals surface area contributed by atoms with Gasteiger partial charge in [-0.1, -0.05) is 5.92 Å². The molecule has 0 aliphatic rings. The van der Waals surface area contributed by atoms with Crippen molar-refractivity contribution in [3.05, 3.63) is 0 Å². The van der Waals surface area contributed by atoms with Gasteiger partial charge in [0.25, 0.3) is 0 Å². The predicted octanol–water partition coefficient (Wildman–Crippen LogP) is -0.171. The molecular weight excluding hydrogens is 224 g/mol. The fourth-order valence-electron chi connectivity index (χ4n) is 1.33. The minimum atomic E-state index is -1.12. The molecule has 6 nitrogen and oxygen atoms in total. The zero-order valence-electron chi connectivity index (χ0n) is 10.1. The molecular formula is C11H18N2O4. The Bertz CT molecular complexity index is 309. The van der Waals surface area contributed by atoms with E-state index in [0.717, 1.165) is 4.90 Å². The number of carbonyl (C=O) groups is 2. The van der Waals surface area contributed by atoms with Crippen molar-refractivity contribution in [2.24, 2.45) is 0 Å². The van der Waals surface area contributed by atoms with Gasteiger partial charge in [0.2, 0.25) is 0 Å². The van der Waals surface area contributed by atoms with Gasteiger partial charge in [0.1, 0.15) is 6.54 Å². The quantitative estimate of drug-likeness (QED) is 0.634. The Hall–Kier alpha value is -1.74. The van der Waals surface area contributed by atoms with Crippen LogP contribution < -0.4 is 0 Å². The van der Waals surface area contributed by atoms with Gasteiger partial charge in [-0.25, -0.2) is 4.79 Å². The second-order valence-corrected chi connectivity index (χ2v) is 3.75.